The number of aliphatic hydroxyl groups excluding tert-OH is 1. The van der Waals surface area contributed by atoms with Crippen LogP contribution in [0.2, 0.25) is 0 Å². The van der Waals surface area contributed by atoms with Crippen LogP contribution < -0.4 is 10.2 Å². The number of carbonyl (C=O) groups excluding carboxylic acids is 1. The molecule has 5 nitrogen and oxygen atoms in total. The summed E-state index contributed by atoms with van der Waals surface area (Å²) in [5.41, 5.74) is 1.80. The van der Waals surface area contributed by atoms with Crippen molar-refractivity contribution in [2.75, 3.05) is 25.5 Å². The minimum Gasteiger partial charge on any atom is -0.392 e. The quantitative estimate of drug-likeness (QED) is 0.780. The first-order chi connectivity index (χ1) is 8.12. The number of carbonyl (C=O) groups is 1. The summed E-state index contributed by atoms with van der Waals surface area (Å²) in [5.74, 6) is -0.123. The van der Waals surface area contributed by atoms with Crippen LogP contribution in [0.5, 0.6) is 0 Å². The second-order valence-electron chi connectivity index (χ2n) is 3.65. The van der Waals surface area contributed by atoms with Crippen LogP contribution in [0.15, 0.2) is 18.2 Å². The van der Waals surface area contributed by atoms with Crippen LogP contribution in [0.4, 0.5) is 5.69 Å². The number of hydrogen-bond acceptors (Lipinski definition) is 4. The molecule has 0 atom stereocenters. The molecule has 0 fully saturated rings. The molecule has 0 bridgehead atoms. The SMILES string of the molecule is CNC(=O)CN(C)c1ccc(CO)cc1C#N. The van der Waals surface area contributed by atoms with Gasteiger partial charge in [0.2, 0.25) is 5.91 Å². The van der Waals surface area contributed by atoms with Crippen molar-refractivity contribution in [2.24, 2.45) is 0 Å². The van der Waals surface area contributed by atoms with E-state index in [2.05, 4.69) is 11.4 Å². The third-order valence-corrected chi connectivity index (χ3v) is 2.43. The molecule has 0 radical (unpaired) electrons. The zero-order chi connectivity index (χ0) is 12.8. The zero-order valence-electron chi connectivity index (χ0n) is 9.90. The molecule has 0 aliphatic heterocycles. The van der Waals surface area contributed by atoms with Crippen molar-refractivity contribution in [3.8, 4) is 6.07 Å². The summed E-state index contributed by atoms with van der Waals surface area (Å²) in [6.07, 6.45) is 0. The summed E-state index contributed by atoms with van der Waals surface area (Å²) in [7, 11) is 3.31. The minimum absolute atomic E-state index is 0.103. The third kappa shape index (κ3) is 3.20. The Bertz CT molecular complexity index is 452. The summed E-state index contributed by atoms with van der Waals surface area (Å²) < 4.78 is 0. The zero-order valence-corrected chi connectivity index (χ0v) is 9.90. The van der Waals surface area contributed by atoms with Gasteiger partial charge in [0.05, 0.1) is 24.4 Å². The van der Waals surface area contributed by atoms with E-state index < -0.39 is 0 Å². The van der Waals surface area contributed by atoms with E-state index in [1.807, 2.05) is 0 Å². The highest BCUT2D eigenvalue weighted by atomic mass is 16.3. The van der Waals surface area contributed by atoms with Gasteiger partial charge in [-0.1, -0.05) is 6.07 Å². The number of nitrogens with zero attached hydrogens (tertiary/aromatic N) is 2. The highest BCUT2D eigenvalue weighted by molar-refractivity contribution is 5.81. The Morgan fingerprint density at radius 3 is 2.82 bits per heavy atom. The van der Waals surface area contributed by atoms with Crippen molar-refractivity contribution in [2.45, 2.75) is 6.61 Å². The first-order valence-corrected chi connectivity index (χ1v) is 5.18. The lowest BCUT2D eigenvalue weighted by Gasteiger charge is -2.19. The fourth-order valence-electron chi connectivity index (χ4n) is 1.48. The summed E-state index contributed by atoms with van der Waals surface area (Å²) in [4.78, 5) is 12.9. The summed E-state index contributed by atoms with van der Waals surface area (Å²) >= 11 is 0. The molecule has 0 saturated carbocycles. The minimum atomic E-state index is -0.123. The first kappa shape index (κ1) is 13.0. The van der Waals surface area contributed by atoms with Gasteiger partial charge in [-0.25, -0.2) is 0 Å². The lowest BCUT2D eigenvalue weighted by Crippen LogP contribution is -2.33. The lowest BCUT2D eigenvalue weighted by molar-refractivity contribution is -0.119. The number of aliphatic hydroxyl groups is 1. The van der Waals surface area contributed by atoms with Gasteiger partial charge in [0.1, 0.15) is 6.07 Å². The van der Waals surface area contributed by atoms with Crippen molar-refractivity contribution < 1.29 is 9.90 Å². The van der Waals surface area contributed by atoms with E-state index in [0.29, 0.717) is 16.8 Å². The molecule has 0 heterocycles. The highest BCUT2D eigenvalue weighted by Gasteiger charge is 2.10. The Morgan fingerprint density at radius 1 is 1.59 bits per heavy atom. The number of hydrogen-bond donors (Lipinski definition) is 2. The molecule has 1 rings (SSSR count). The molecule has 0 aromatic heterocycles. The van der Waals surface area contributed by atoms with Gasteiger partial charge in [-0.05, 0) is 17.7 Å². The van der Waals surface area contributed by atoms with Gasteiger partial charge in [0, 0.05) is 14.1 Å². The molecule has 0 spiro atoms. The van der Waals surface area contributed by atoms with Gasteiger partial charge < -0.3 is 15.3 Å². The number of amides is 1. The average Bonchev–Trinajstić information content (AvgIpc) is 2.37. The van der Waals surface area contributed by atoms with Gasteiger partial charge in [-0.3, -0.25) is 4.79 Å². The maximum atomic E-state index is 11.2. The van der Waals surface area contributed by atoms with Gasteiger partial charge in [0.25, 0.3) is 0 Å². The topological polar surface area (TPSA) is 76.4 Å². The summed E-state index contributed by atoms with van der Waals surface area (Å²) in [6, 6.07) is 7.14. The Hall–Kier alpha value is -2.06. The molecule has 17 heavy (non-hydrogen) atoms. The van der Waals surface area contributed by atoms with Crippen LogP contribution in [-0.2, 0) is 11.4 Å². The molecule has 2 N–H and O–H groups in total. The van der Waals surface area contributed by atoms with Crippen LogP contribution >= 0.6 is 0 Å². The Kier molecular flexibility index (Phi) is 4.49. The second-order valence-corrected chi connectivity index (χ2v) is 3.65. The van der Waals surface area contributed by atoms with Crippen LogP contribution in [0.1, 0.15) is 11.1 Å². The number of likely N-dealkylation sites (N-methyl/N-ethyl adjacent to an activating group) is 2. The smallest absolute Gasteiger partial charge is 0.239 e. The maximum absolute atomic E-state index is 11.2. The van der Waals surface area contributed by atoms with Crippen molar-refractivity contribution in [3.05, 3.63) is 29.3 Å². The maximum Gasteiger partial charge on any atom is 0.239 e. The van der Waals surface area contributed by atoms with Crippen LogP contribution in [0, 0.1) is 11.3 Å². The number of nitriles is 1. The van der Waals surface area contributed by atoms with Crippen molar-refractivity contribution >= 4 is 11.6 Å². The average molecular weight is 233 g/mol. The molecule has 90 valence electrons. The fraction of sp³-hybridized carbons (Fsp3) is 0.333. The first-order valence-electron chi connectivity index (χ1n) is 5.18. The summed E-state index contributed by atoms with van der Waals surface area (Å²) in [5, 5.41) is 20.5. The van der Waals surface area contributed by atoms with E-state index >= 15 is 0 Å². The molecule has 1 aromatic rings. The number of nitrogens with one attached hydrogen (secondary N) is 1. The largest absolute Gasteiger partial charge is 0.392 e. The van der Waals surface area contributed by atoms with Crippen molar-refractivity contribution in [1.82, 2.24) is 5.32 Å². The van der Waals surface area contributed by atoms with E-state index in [4.69, 9.17) is 10.4 Å². The molecule has 1 aromatic carbocycles. The Labute approximate surface area is 100 Å². The van der Waals surface area contributed by atoms with Crippen molar-refractivity contribution in [3.63, 3.8) is 0 Å². The molecular formula is C12H15N3O2. The predicted molar refractivity (Wildman–Crippen MR) is 64.4 cm³/mol. The van der Waals surface area contributed by atoms with E-state index in [0.717, 1.165) is 0 Å². The van der Waals surface area contributed by atoms with Crippen LogP contribution in [0.25, 0.3) is 0 Å². The predicted octanol–water partition coefficient (Wildman–Crippen LogP) is 0.233. The molecule has 0 aliphatic carbocycles. The van der Waals surface area contributed by atoms with Gasteiger partial charge >= 0.3 is 0 Å². The van der Waals surface area contributed by atoms with Gasteiger partial charge in [0.15, 0.2) is 0 Å². The van der Waals surface area contributed by atoms with E-state index in [9.17, 15) is 4.79 Å². The van der Waals surface area contributed by atoms with Gasteiger partial charge in [-0.15, -0.1) is 0 Å². The standard InChI is InChI=1S/C12H15N3O2/c1-14-12(17)7-15(2)11-4-3-9(8-16)5-10(11)6-13/h3-5,16H,7-8H2,1-2H3,(H,14,17). The van der Waals surface area contributed by atoms with Gasteiger partial charge in [-0.2, -0.15) is 5.26 Å². The fourth-order valence-corrected chi connectivity index (χ4v) is 1.48. The molecule has 0 aliphatic rings. The molecule has 5 heteroatoms. The molecule has 0 unspecified atom stereocenters. The van der Waals surface area contributed by atoms with Crippen molar-refractivity contribution in [1.29, 1.82) is 5.26 Å². The van der Waals surface area contributed by atoms with Crippen LogP contribution in [0.3, 0.4) is 0 Å². The summed E-state index contributed by atoms with van der Waals surface area (Å²) in [6.45, 7) is 0.0811. The molecule has 1 amide bonds. The van der Waals surface area contributed by atoms with E-state index in [1.54, 1.807) is 37.2 Å². The Morgan fingerprint density at radius 2 is 2.29 bits per heavy atom. The Balaban J connectivity index is 2.97. The highest BCUT2D eigenvalue weighted by Crippen LogP contribution is 2.20. The van der Waals surface area contributed by atoms with E-state index in [-0.39, 0.29) is 19.1 Å². The number of anilines is 1. The lowest BCUT2D eigenvalue weighted by atomic mass is 10.1. The monoisotopic (exact) mass is 233 g/mol. The van der Waals surface area contributed by atoms with E-state index in [1.165, 1.54) is 0 Å². The normalized spacial score (nSPS) is 9.53. The molecular weight excluding hydrogens is 218 g/mol. The van der Waals surface area contributed by atoms with Crippen LogP contribution in [-0.4, -0.2) is 31.7 Å². The third-order valence-electron chi connectivity index (χ3n) is 2.43. The number of benzene rings is 1. The molecule has 0 saturated heterocycles. The number of rotatable bonds is 4. The second kappa shape index (κ2) is 5.87.